The quantitative estimate of drug-likeness (QED) is 0.943. The Bertz CT molecular complexity index is 703. The first-order valence-electron chi connectivity index (χ1n) is 7.64. The van der Waals surface area contributed by atoms with Crippen molar-refractivity contribution in [2.24, 2.45) is 5.92 Å². The summed E-state index contributed by atoms with van der Waals surface area (Å²) in [5, 5.41) is 9.28. The molecule has 1 aliphatic heterocycles. The highest BCUT2D eigenvalue weighted by Crippen LogP contribution is 2.35. The van der Waals surface area contributed by atoms with E-state index in [2.05, 4.69) is 11.8 Å². The molecular formula is C17H21NO4. The number of aryl methyl sites for hydroxylation is 1. The predicted octanol–water partition coefficient (Wildman–Crippen LogP) is 3.22. The Hall–Kier alpha value is -2.01. The summed E-state index contributed by atoms with van der Waals surface area (Å²) in [5.41, 5.74) is -0.406. The molecule has 2 aromatic heterocycles. The van der Waals surface area contributed by atoms with E-state index in [1.54, 1.807) is 0 Å². The fraction of sp³-hybridized carbons (Fsp3) is 0.471. The molecule has 118 valence electrons. The maximum absolute atomic E-state index is 11.5. The Balaban J connectivity index is 1.83. The van der Waals surface area contributed by atoms with Crippen LogP contribution in [0.5, 0.6) is 5.75 Å². The zero-order valence-corrected chi connectivity index (χ0v) is 12.9. The average molecular weight is 303 g/mol. The summed E-state index contributed by atoms with van der Waals surface area (Å²) in [4.78, 5) is 13.8. The number of rotatable bonds is 3. The molecule has 5 nitrogen and oxygen atoms in total. The molecule has 0 bridgehead atoms. The van der Waals surface area contributed by atoms with E-state index in [-0.39, 0.29) is 11.8 Å². The Morgan fingerprint density at radius 1 is 1.41 bits per heavy atom. The molecule has 0 spiro atoms. The van der Waals surface area contributed by atoms with E-state index >= 15 is 0 Å². The van der Waals surface area contributed by atoms with Crippen molar-refractivity contribution in [2.45, 2.75) is 39.3 Å². The maximum Gasteiger partial charge on any atom is 0.226 e. The summed E-state index contributed by atoms with van der Waals surface area (Å²) in [6, 6.07) is 5.56. The van der Waals surface area contributed by atoms with Crippen molar-refractivity contribution < 1.29 is 13.9 Å². The number of hydrogen-bond donors (Lipinski definition) is 1. The van der Waals surface area contributed by atoms with Crippen LogP contribution in [0.25, 0.3) is 0 Å². The van der Waals surface area contributed by atoms with Gasteiger partial charge in [-0.3, -0.25) is 9.69 Å². The molecule has 0 unspecified atom stereocenters. The Kier molecular flexibility index (Phi) is 4.07. The third-order valence-corrected chi connectivity index (χ3v) is 4.29. The lowest BCUT2D eigenvalue weighted by molar-refractivity contribution is 0.0859. The number of likely N-dealkylation sites (tertiary alicyclic amines) is 1. The minimum Gasteiger partial charge on any atom is -0.502 e. The van der Waals surface area contributed by atoms with Crippen molar-refractivity contribution in [3.05, 3.63) is 52.0 Å². The average Bonchev–Trinajstić information content (AvgIpc) is 2.91. The molecule has 22 heavy (non-hydrogen) atoms. The molecular weight excluding hydrogens is 282 g/mol. The lowest BCUT2D eigenvalue weighted by atomic mass is 9.91. The number of furan rings is 1. The molecule has 0 aliphatic carbocycles. The second-order valence-corrected chi connectivity index (χ2v) is 6.16. The van der Waals surface area contributed by atoms with Crippen molar-refractivity contribution >= 4 is 0 Å². The summed E-state index contributed by atoms with van der Waals surface area (Å²) in [5.74, 6) is 2.72. The third-order valence-electron chi connectivity index (χ3n) is 4.29. The predicted molar refractivity (Wildman–Crippen MR) is 81.6 cm³/mol. The highest BCUT2D eigenvalue weighted by molar-refractivity contribution is 5.16. The minimum absolute atomic E-state index is 0.191. The van der Waals surface area contributed by atoms with Crippen molar-refractivity contribution in [3.8, 4) is 5.75 Å². The molecule has 0 aromatic carbocycles. The van der Waals surface area contributed by atoms with Crippen LogP contribution >= 0.6 is 0 Å². The zero-order valence-electron chi connectivity index (χ0n) is 12.9. The van der Waals surface area contributed by atoms with Crippen LogP contribution in [0, 0.1) is 12.8 Å². The van der Waals surface area contributed by atoms with Crippen molar-refractivity contribution in [1.29, 1.82) is 0 Å². The molecule has 3 heterocycles. The Morgan fingerprint density at radius 2 is 2.23 bits per heavy atom. The highest BCUT2D eigenvalue weighted by atomic mass is 16.4. The van der Waals surface area contributed by atoms with Crippen LogP contribution in [0.15, 0.2) is 38.1 Å². The van der Waals surface area contributed by atoms with Gasteiger partial charge in [0.15, 0.2) is 5.75 Å². The monoisotopic (exact) mass is 303 g/mol. The van der Waals surface area contributed by atoms with Crippen LogP contribution in [-0.2, 0) is 6.54 Å². The zero-order chi connectivity index (χ0) is 15.7. The number of nitrogens with zero attached hydrogens (tertiary/aromatic N) is 1. The fourth-order valence-electron chi connectivity index (χ4n) is 3.03. The van der Waals surface area contributed by atoms with Crippen molar-refractivity contribution in [3.63, 3.8) is 0 Å². The first-order chi connectivity index (χ1) is 10.5. The fourth-order valence-corrected chi connectivity index (χ4v) is 3.03. The molecule has 1 N–H and O–H groups in total. The summed E-state index contributed by atoms with van der Waals surface area (Å²) in [6.45, 7) is 5.66. The van der Waals surface area contributed by atoms with Gasteiger partial charge in [0.1, 0.15) is 23.5 Å². The van der Waals surface area contributed by atoms with Crippen LogP contribution in [-0.4, -0.2) is 16.6 Å². The largest absolute Gasteiger partial charge is 0.502 e. The van der Waals surface area contributed by atoms with Gasteiger partial charge in [0.2, 0.25) is 5.43 Å². The van der Waals surface area contributed by atoms with Crippen LogP contribution in [0.2, 0.25) is 0 Å². The van der Waals surface area contributed by atoms with E-state index in [1.165, 1.54) is 6.07 Å². The molecule has 1 fully saturated rings. The summed E-state index contributed by atoms with van der Waals surface area (Å²) < 4.78 is 11.1. The van der Waals surface area contributed by atoms with Gasteiger partial charge < -0.3 is 13.9 Å². The molecule has 5 heteroatoms. The van der Waals surface area contributed by atoms with E-state index < -0.39 is 5.43 Å². The topological polar surface area (TPSA) is 66.8 Å². The molecule has 1 aliphatic rings. The van der Waals surface area contributed by atoms with E-state index in [4.69, 9.17) is 8.83 Å². The maximum atomic E-state index is 11.5. The second kappa shape index (κ2) is 6.01. The van der Waals surface area contributed by atoms with Crippen LogP contribution in [0.3, 0.4) is 0 Å². The molecule has 0 radical (unpaired) electrons. The lowest BCUT2D eigenvalue weighted by Gasteiger charge is -2.37. The number of piperidine rings is 1. The van der Waals surface area contributed by atoms with Gasteiger partial charge in [0.05, 0.1) is 12.6 Å². The van der Waals surface area contributed by atoms with Gasteiger partial charge >= 0.3 is 0 Å². The smallest absolute Gasteiger partial charge is 0.226 e. The van der Waals surface area contributed by atoms with E-state index in [0.29, 0.717) is 18.2 Å². The molecule has 1 saturated heterocycles. The lowest BCUT2D eigenvalue weighted by Crippen LogP contribution is -2.35. The Labute approximate surface area is 129 Å². The first kappa shape index (κ1) is 14.9. The summed E-state index contributed by atoms with van der Waals surface area (Å²) in [6.07, 6.45) is 3.24. The summed E-state index contributed by atoms with van der Waals surface area (Å²) in [7, 11) is 0. The molecule has 3 rings (SSSR count). The number of hydrogen-bond acceptors (Lipinski definition) is 5. The van der Waals surface area contributed by atoms with Crippen LogP contribution in [0.1, 0.15) is 43.1 Å². The molecule has 2 aromatic rings. The number of aromatic hydroxyl groups is 1. The second-order valence-electron chi connectivity index (χ2n) is 6.16. The molecule has 0 amide bonds. The van der Waals surface area contributed by atoms with Gasteiger partial charge in [0, 0.05) is 6.07 Å². The molecule has 2 atom stereocenters. The van der Waals surface area contributed by atoms with Crippen LogP contribution < -0.4 is 5.43 Å². The van der Waals surface area contributed by atoms with E-state index in [9.17, 15) is 9.90 Å². The third kappa shape index (κ3) is 3.09. The minimum atomic E-state index is -0.406. The first-order valence-corrected chi connectivity index (χ1v) is 7.64. The van der Waals surface area contributed by atoms with Crippen LogP contribution in [0.4, 0.5) is 0 Å². The SMILES string of the molecule is Cc1ccc([C@H]2C[C@@H](C)CCN2Cc2cc(=O)c(O)co2)o1. The molecule has 0 saturated carbocycles. The van der Waals surface area contributed by atoms with Gasteiger partial charge in [-0.1, -0.05) is 6.92 Å². The highest BCUT2D eigenvalue weighted by Gasteiger charge is 2.30. The van der Waals surface area contributed by atoms with E-state index in [1.807, 2.05) is 19.1 Å². The van der Waals surface area contributed by atoms with Gasteiger partial charge in [-0.05, 0) is 44.4 Å². The Morgan fingerprint density at radius 3 is 2.91 bits per heavy atom. The van der Waals surface area contributed by atoms with E-state index in [0.717, 1.165) is 37.2 Å². The van der Waals surface area contributed by atoms with Gasteiger partial charge in [-0.25, -0.2) is 0 Å². The van der Waals surface area contributed by atoms with Gasteiger partial charge in [-0.2, -0.15) is 0 Å². The van der Waals surface area contributed by atoms with Gasteiger partial charge in [0.25, 0.3) is 0 Å². The summed E-state index contributed by atoms with van der Waals surface area (Å²) >= 11 is 0. The van der Waals surface area contributed by atoms with Crippen molar-refractivity contribution in [2.75, 3.05) is 6.54 Å². The van der Waals surface area contributed by atoms with Crippen molar-refractivity contribution in [1.82, 2.24) is 4.90 Å². The normalized spacial score (nSPS) is 22.8. The standard InChI is InChI=1S/C17H21NO4/c1-11-5-6-18(9-13-8-15(19)16(20)10-21-13)14(7-11)17-4-3-12(2)22-17/h3-4,8,10-11,14,20H,5-7,9H2,1-2H3/t11-,14+/m0/s1. The van der Waals surface area contributed by atoms with Gasteiger partial charge in [-0.15, -0.1) is 0 Å².